The molecule has 0 bridgehead atoms. The molecule has 0 fully saturated rings. The van der Waals surface area contributed by atoms with E-state index in [4.69, 9.17) is 5.11 Å². The van der Waals surface area contributed by atoms with Crippen LogP contribution in [0.15, 0.2) is 0 Å². The van der Waals surface area contributed by atoms with E-state index in [1.165, 1.54) is 19.4 Å². The van der Waals surface area contributed by atoms with E-state index in [0.29, 0.717) is 6.61 Å². The fourth-order valence-corrected chi connectivity index (χ4v) is 1.29. The average Bonchev–Trinajstić information content (AvgIpc) is 2.13. The lowest BCUT2D eigenvalue weighted by Gasteiger charge is -2.15. The van der Waals surface area contributed by atoms with E-state index in [2.05, 4.69) is 17.3 Å². The third-order valence-corrected chi connectivity index (χ3v) is 2.16. The van der Waals surface area contributed by atoms with Crippen molar-refractivity contribution in [3.8, 4) is 0 Å². The van der Waals surface area contributed by atoms with Gasteiger partial charge in [0.05, 0.1) is 0 Å². The zero-order valence-electron chi connectivity index (χ0n) is 9.05. The highest BCUT2D eigenvalue weighted by molar-refractivity contribution is 4.53. The zero-order valence-corrected chi connectivity index (χ0v) is 9.05. The van der Waals surface area contributed by atoms with Gasteiger partial charge in [0, 0.05) is 6.61 Å². The number of nitrogens with zero attached hydrogens (tertiary/aromatic N) is 1. The molecule has 0 heterocycles. The Morgan fingerprint density at radius 2 is 1.69 bits per heavy atom. The molecule has 13 heavy (non-hydrogen) atoms. The maximum Gasteiger partial charge on any atom is 0.0431 e. The Balaban J connectivity index is 3.05. The molecule has 0 spiro atoms. The SMILES string of the molecule is CNCCCCN(C)CCCCO. The summed E-state index contributed by atoms with van der Waals surface area (Å²) in [5.41, 5.74) is 0. The lowest BCUT2D eigenvalue weighted by Crippen LogP contribution is -2.22. The average molecular weight is 188 g/mol. The second-order valence-corrected chi connectivity index (χ2v) is 3.54. The third kappa shape index (κ3) is 9.80. The molecule has 80 valence electrons. The number of unbranched alkanes of at least 4 members (excludes halogenated alkanes) is 2. The molecule has 0 radical (unpaired) electrons. The van der Waals surface area contributed by atoms with Gasteiger partial charge in [0.1, 0.15) is 0 Å². The second-order valence-electron chi connectivity index (χ2n) is 3.54. The van der Waals surface area contributed by atoms with Crippen molar-refractivity contribution in [3.63, 3.8) is 0 Å². The van der Waals surface area contributed by atoms with Gasteiger partial charge in [-0.05, 0) is 59.4 Å². The van der Waals surface area contributed by atoms with E-state index in [0.717, 1.165) is 25.9 Å². The summed E-state index contributed by atoms with van der Waals surface area (Å²) in [5.74, 6) is 0. The summed E-state index contributed by atoms with van der Waals surface area (Å²) in [6.07, 6.45) is 4.55. The molecule has 0 aliphatic carbocycles. The van der Waals surface area contributed by atoms with Crippen LogP contribution in [0.1, 0.15) is 25.7 Å². The summed E-state index contributed by atoms with van der Waals surface area (Å²) in [6.45, 7) is 3.73. The molecule has 3 heteroatoms. The molecule has 2 N–H and O–H groups in total. The van der Waals surface area contributed by atoms with E-state index in [1.807, 2.05) is 7.05 Å². The van der Waals surface area contributed by atoms with E-state index < -0.39 is 0 Å². The molecular weight excluding hydrogens is 164 g/mol. The molecule has 0 saturated heterocycles. The van der Waals surface area contributed by atoms with Crippen molar-refractivity contribution < 1.29 is 5.11 Å². The number of hydrogen-bond donors (Lipinski definition) is 2. The van der Waals surface area contributed by atoms with Gasteiger partial charge in [0.25, 0.3) is 0 Å². The van der Waals surface area contributed by atoms with Crippen molar-refractivity contribution in [2.75, 3.05) is 40.3 Å². The fourth-order valence-electron chi connectivity index (χ4n) is 1.29. The lowest BCUT2D eigenvalue weighted by molar-refractivity contribution is 0.262. The second kappa shape index (κ2) is 9.96. The fraction of sp³-hybridized carbons (Fsp3) is 1.00. The van der Waals surface area contributed by atoms with Gasteiger partial charge in [0.2, 0.25) is 0 Å². The third-order valence-electron chi connectivity index (χ3n) is 2.16. The Kier molecular flexibility index (Phi) is 9.87. The van der Waals surface area contributed by atoms with E-state index >= 15 is 0 Å². The highest BCUT2D eigenvalue weighted by atomic mass is 16.2. The molecule has 0 aromatic carbocycles. The van der Waals surface area contributed by atoms with Gasteiger partial charge >= 0.3 is 0 Å². The maximum absolute atomic E-state index is 8.60. The first-order chi connectivity index (χ1) is 6.31. The molecule has 0 saturated carbocycles. The van der Waals surface area contributed by atoms with Gasteiger partial charge in [-0.2, -0.15) is 0 Å². The summed E-state index contributed by atoms with van der Waals surface area (Å²) < 4.78 is 0. The van der Waals surface area contributed by atoms with Crippen LogP contribution in [0, 0.1) is 0 Å². The van der Waals surface area contributed by atoms with Crippen molar-refractivity contribution in [1.29, 1.82) is 0 Å². The number of nitrogens with one attached hydrogen (secondary N) is 1. The largest absolute Gasteiger partial charge is 0.396 e. The minimum Gasteiger partial charge on any atom is -0.396 e. The molecule has 0 atom stereocenters. The van der Waals surface area contributed by atoms with Crippen LogP contribution in [0.3, 0.4) is 0 Å². The van der Waals surface area contributed by atoms with Crippen molar-refractivity contribution in [3.05, 3.63) is 0 Å². The topological polar surface area (TPSA) is 35.5 Å². The minimum atomic E-state index is 0.327. The van der Waals surface area contributed by atoms with E-state index in [1.54, 1.807) is 0 Å². The minimum absolute atomic E-state index is 0.327. The lowest BCUT2D eigenvalue weighted by atomic mass is 10.2. The first-order valence-corrected chi connectivity index (χ1v) is 5.25. The van der Waals surface area contributed by atoms with E-state index in [9.17, 15) is 0 Å². The molecular formula is C10H24N2O. The Morgan fingerprint density at radius 1 is 1.08 bits per heavy atom. The highest BCUT2D eigenvalue weighted by Gasteiger charge is 1.96. The van der Waals surface area contributed by atoms with Gasteiger partial charge in [-0.15, -0.1) is 0 Å². The number of hydrogen-bond acceptors (Lipinski definition) is 3. The molecule has 0 amide bonds. The smallest absolute Gasteiger partial charge is 0.0431 e. The molecule has 0 aromatic heterocycles. The Labute approximate surface area is 82.1 Å². The zero-order chi connectivity index (χ0) is 9.94. The van der Waals surface area contributed by atoms with Crippen molar-refractivity contribution in [2.24, 2.45) is 0 Å². The van der Waals surface area contributed by atoms with Crippen LogP contribution in [0.2, 0.25) is 0 Å². The van der Waals surface area contributed by atoms with Gasteiger partial charge in [-0.3, -0.25) is 0 Å². The quantitative estimate of drug-likeness (QED) is 0.523. The van der Waals surface area contributed by atoms with Crippen LogP contribution in [-0.4, -0.2) is 50.3 Å². The Morgan fingerprint density at radius 3 is 2.23 bits per heavy atom. The molecule has 0 unspecified atom stereocenters. The van der Waals surface area contributed by atoms with Crippen molar-refractivity contribution in [1.82, 2.24) is 10.2 Å². The van der Waals surface area contributed by atoms with Crippen LogP contribution in [0.4, 0.5) is 0 Å². The number of aliphatic hydroxyl groups is 1. The summed E-state index contributed by atoms with van der Waals surface area (Å²) >= 11 is 0. The predicted molar refractivity (Wildman–Crippen MR) is 57.0 cm³/mol. The first kappa shape index (κ1) is 12.9. The Hall–Kier alpha value is -0.120. The maximum atomic E-state index is 8.60. The predicted octanol–water partition coefficient (Wildman–Crippen LogP) is 0.690. The van der Waals surface area contributed by atoms with Gasteiger partial charge in [-0.1, -0.05) is 0 Å². The van der Waals surface area contributed by atoms with Crippen LogP contribution in [-0.2, 0) is 0 Å². The summed E-state index contributed by atoms with van der Waals surface area (Å²) in [6, 6.07) is 0. The first-order valence-electron chi connectivity index (χ1n) is 5.25. The number of rotatable bonds is 9. The van der Waals surface area contributed by atoms with Crippen molar-refractivity contribution in [2.45, 2.75) is 25.7 Å². The molecule has 0 aliphatic heterocycles. The van der Waals surface area contributed by atoms with Gasteiger partial charge in [0.15, 0.2) is 0 Å². The normalized spacial score (nSPS) is 11.1. The molecule has 0 aliphatic rings. The Bertz CT molecular complexity index is 98.9. The number of aliphatic hydroxyl groups excluding tert-OH is 1. The van der Waals surface area contributed by atoms with Crippen LogP contribution in [0.25, 0.3) is 0 Å². The van der Waals surface area contributed by atoms with Gasteiger partial charge in [-0.25, -0.2) is 0 Å². The standard InChI is InChI=1S/C10H24N2O/c1-11-7-3-4-8-12(2)9-5-6-10-13/h11,13H,3-10H2,1-2H3. The van der Waals surface area contributed by atoms with Crippen molar-refractivity contribution >= 4 is 0 Å². The highest BCUT2D eigenvalue weighted by Crippen LogP contribution is 1.95. The molecule has 0 aromatic rings. The van der Waals surface area contributed by atoms with Gasteiger partial charge < -0.3 is 15.3 Å². The molecule has 0 rings (SSSR count). The monoisotopic (exact) mass is 188 g/mol. The van der Waals surface area contributed by atoms with Crippen LogP contribution >= 0.6 is 0 Å². The van der Waals surface area contributed by atoms with Crippen LogP contribution < -0.4 is 5.32 Å². The van der Waals surface area contributed by atoms with E-state index in [-0.39, 0.29) is 0 Å². The summed E-state index contributed by atoms with van der Waals surface area (Å²) in [5, 5.41) is 11.7. The summed E-state index contributed by atoms with van der Waals surface area (Å²) in [7, 11) is 4.14. The summed E-state index contributed by atoms with van der Waals surface area (Å²) in [4.78, 5) is 2.34. The van der Waals surface area contributed by atoms with Crippen LogP contribution in [0.5, 0.6) is 0 Å². The molecule has 3 nitrogen and oxygen atoms in total.